The molecule has 0 spiro atoms. The molecule has 1 aromatic rings. The Morgan fingerprint density at radius 1 is 1.56 bits per heavy atom. The summed E-state index contributed by atoms with van der Waals surface area (Å²) in [5.41, 5.74) is 1.80. The van der Waals surface area contributed by atoms with E-state index in [2.05, 4.69) is 21.0 Å². The Hall–Kier alpha value is -0.840. The largest absolute Gasteiger partial charge is 0.481 e. The number of aliphatic carboxylic acids is 1. The van der Waals surface area contributed by atoms with Gasteiger partial charge >= 0.3 is 5.97 Å². The third-order valence-electron chi connectivity index (χ3n) is 3.16. The van der Waals surface area contributed by atoms with Crippen LogP contribution in [0.5, 0.6) is 0 Å². The molecule has 2 rings (SSSR count). The average molecular weight is 287 g/mol. The Morgan fingerprint density at radius 2 is 2.19 bits per heavy atom. The topological polar surface area (TPSA) is 55.1 Å². The van der Waals surface area contributed by atoms with Gasteiger partial charge in [0.2, 0.25) is 0 Å². The van der Waals surface area contributed by atoms with E-state index in [0.29, 0.717) is 11.6 Å². The number of nitrogens with zero attached hydrogens (tertiary/aromatic N) is 2. The molecule has 1 heterocycles. The molecule has 16 heavy (non-hydrogen) atoms. The summed E-state index contributed by atoms with van der Waals surface area (Å²) >= 11 is 3.49. The highest BCUT2D eigenvalue weighted by Crippen LogP contribution is 2.38. The van der Waals surface area contributed by atoms with Crippen molar-refractivity contribution < 1.29 is 9.90 Å². The van der Waals surface area contributed by atoms with Gasteiger partial charge < -0.3 is 5.11 Å². The van der Waals surface area contributed by atoms with Crippen LogP contribution in [-0.2, 0) is 18.3 Å². The van der Waals surface area contributed by atoms with Crippen molar-refractivity contribution in [2.75, 3.05) is 0 Å². The van der Waals surface area contributed by atoms with Gasteiger partial charge in [-0.15, -0.1) is 0 Å². The summed E-state index contributed by atoms with van der Waals surface area (Å²) in [4.78, 5) is 10.7. The van der Waals surface area contributed by atoms with E-state index in [9.17, 15) is 4.79 Å². The summed E-state index contributed by atoms with van der Waals surface area (Å²) in [5, 5.41) is 13.1. The zero-order valence-corrected chi connectivity index (χ0v) is 10.8. The van der Waals surface area contributed by atoms with Gasteiger partial charge in [0.1, 0.15) is 0 Å². The van der Waals surface area contributed by atoms with Crippen molar-refractivity contribution in [3.63, 3.8) is 0 Å². The van der Waals surface area contributed by atoms with E-state index in [4.69, 9.17) is 5.11 Å². The van der Waals surface area contributed by atoms with Crippen LogP contribution in [0.3, 0.4) is 0 Å². The van der Waals surface area contributed by atoms with E-state index in [0.717, 1.165) is 10.2 Å². The van der Waals surface area contributed by atoms with Gasteiger partial charge in [-0.2, -0.15) is 5.10 Å². The van der Waals surface area contributed by atoms with E-state index in [1.54, 1.807) is 0 Å². The first-order valence-electron chi connectivity index (χ1n) is 5.52. The molecule has 1 saturated carbocycles. The van der Waals surface area contributed by atoms with Gasteiger partial charge in [-0.1, -0.05) is 12.8 Å². The van der Waals surface area contributed by atoms with Gasteiger partial charge in [0.25, 0.3) is 0 Å². The lowest BCUT2D eigenvalue weighted by Gasteiger charge is -2.09. The molecule has 0 saturated heterocycles. The number of aromatic nitrogens is 2. The van der Waals surface area contributed by atoms with Crippen molar-refractivity contribution in [3.05, 3.63) is 15.9 Å². The van der Waals surface area contributed by atoms with Gasteiger partial charge in [0.15, 0.2) is 0 Å². The lowest BCUT2D eigenvalue weighted by atomic mass is 10.0. The third kappa shape index (κ3) is 2.14. The minimum atomic E-state index is -0.836. The molecule has 0 unspecified atom stereocenters. The molecule has 1 aliphatic carbocycles. The van der Waals surface area contributed by atoms with E-state index in [1.165, 1.54) is 25.7 Å². The molecule has 88 valence electrons. The first-order valence-corrected chi connectivity index (χ1v) is 6.32. The van der Waals surface area contributed by atoms with Gasteiger partial charge in [-0.3, -0.25) is 9.48 Å². The Morgan fingerprint density at radius 3 is 2.75 bits per heavy atom. The maximum atomic E-state index is 10.7. The van der Waals surface area contributed by atoms with Crippen LogP contribution in [0, 0.1) is 0 Å². The quantitative estimate of drug-likeness (QED) is 0.929. The number of halogens is 1. The number of hydrogen-bond donors (Lipinski definition) is 1. The summed E-state index contributed by atoms with van der Waals surface area (Å²) in [6, 6.07) is 0. The fourth-order valence-electron chi connectivity index (χ4n) is 2.47. The van der Waals surface area contributed by atoms with Gasteiger partial charge in [-0.25, -0.2) is 0 Å². The lowest BCUT2D eigenvalue weighted by molar-refractivity contribution is -0.136. The monoisotopic (exact) mass is 286 g/mol. The summed E-state index contributed by atoms with van der Waals surface area (Å²) in [7, 11) is 1.89. The molecule has 0 radical (unpaired) electrons. The van der Waals surface area contributed by atoms with E-state index in [1.807, 2.05) is 11.7 Å². The van der Waals surface area contributed by atoms with Crippen LogP contribution in [0.15, 0.2) is 4.47 Å². The van der Waals surface area contributed by atoms with Gasteiger partial charge in [0.05, 0.1) is 22.3 Å². The molecular formula is C11H15BrN2O2. The van der Waals surface area contributed by atoms with E-state index in [-0.39, 0.29) is 6.42 Å². The minimum absolute atomic E-state index is 0.0128. The van der Waals surface area contributed by atoms with Crippen LogP contribution in [-0.4, -0.2) is 20.9 Å². The average Bonchev–Trinajstić information content (AvgIpc) is 2.76. The molecule has 5 heteroatoms. The second kappa shape index (κ2) is 4.57. The van der Waals surface area contributed by atoms with Crippen molar-refractivity contribution >= 4 is 21.9 Å². The second-order valence-corrected chi connectivity index (χ2v) is 5.11. The van der Waals surface area contributed by atoms with Crippen LogP contribution in [0.2, 0.25) is 0 Å². The normalized spacial score (nSPS) is 16.9. The number of carboxylic acids is 1. The van der Waals surface area contributed by atoms with Crippen LogP contribution < -0.4 is 0 Å². The van der Waals surface area contributed by atoms with Gasteiger partial charge in [-0.05, 0) is 28.8 Å². The fraction of sp³-hybridized carbons (Fsp3) is 0.636. The van der Waals surface area contributed by atoms with Crippen LogP contribution in [0.25, 0.3) is 0 Å². The number of rotatable bonds is 3. The molecule has 0 amide bonds. The Kier molecular flexibility index (Phi) is 3.33. The SMILES string of the molecule is Cn1nc(CC(=O)O)c(Br)c1C1CCCC1. The highest BCUT2D eigenvalue weighted by atomic mass is 79.9. The number of hydrogen-bond acceptors (Lipinski definition) is 2. The van der Waals surface area contributed by atoms with Crippen LogP contribution in [0.4, 0.5) is 0 Å². The predicted molar refractivity (Wildman–Crippen MR) is 63.5 cm³/mol. The van der Waals surface area contributed by atoms with Crippen LogP contribution >= 0.6 is 15.9 Å². The van der Waals surface area contributed by atoms with E-state index >= 15 is 0 Å². The molecule has 1 N–H and O–H groups in total. The molecule has 0 bridgehead atoms. The van der Waals surface area contributed by atoms with Crippen LogP contribution in [0.1, 0.15) is 43.0 Å². The molecule has 1 fully saturated rings. The van der Waals surface area contributed by atoms with Crippen molar-refractivity contribution in [1.82, 2.24) is 9.78 Å². The maximum Gasteiger partial charge on any atom is 0.309 e. The van der Waals surface area contributed by atoms with Crippen molar-refractivity contribution in [2.24, 2.45) is 7.05 Å². The van der Waals surface area contributed by atoms with E-state index < -0.39 is 5.97 Å². The maximum absolute atomic E-state index is 10.7. The zero-order chi connectivity index (χ0) is 11.7. The standard InChI is InChI=1S/C11H15BrN2O2/c1-14-11(7-4-2-3-5-7)10(12)8(13-14)6-9(15)16/h7H,2-6H2,1H3,(H,15,16). The summed E-state index contributed by atoms with van der Waals surface area (Å²) in [6.45, 7) is 0. The first-order chi connectivity index (χ1) is 7.59. The van der Waals surface area contributed by atoms with Crippen molar-refractivity contribution in [2.45, 2.75) is 38.0 Å². The van der Waals surface area contributed by atoms with Gasteiger partial charge in [0, 0.05) is 13.0 Å². The number of carboxylic acid groups (broad SMARTS) is 1. The highest BCUT2D eigenvalue weighted by Gasteiger charge is 2.25. The first kappa shape index (κ1) is 11.6. The molecule has 0 aliphatic heterocycles. The van der Waals surface area contributed by atoms with Crippen molar-refractivity contribution in [3.8, 4) is 0 Å². The Balaban J connectivity index is 2.30. The summed E-state index contributed by atoms with van der Waals surface area (Å²) in [6.07, 6.45) is 4.88. The third-order valence-corrected chi connectivity index (χ3v) is 4.02. The number of carbonyl (C=O) groups is 1. The molecule has 4 nitrogen and oxygen atoms in total. The summed E-state index contributed by atoms with van der Waals surface area (Å²) in [5.74, 6) is -0.300. The Labute approximate surface area is 103 Å². The van der Waals surface area contributed by atoms with Crippen molar-refractivity contribution in [1.29, 1.82) is 0 Å². The molecular weight excluding hydrogens is 272 g/mol. The molecule has 1 aromatic heterocycles. The Bertz CT molecular complexity index is 408. The molecule has 1 aliphatic rings. The fourth-order valence-corrected chi connectivity index (χ4v) is 3.27. The second-order valence-electron chi connectivity index (χ2n) is 4.32. The summed E-state index contributed by atoms with van der Waals surface area (Å²) < 4.78 is 2.72. The minimum Gasteiger partial charge on any atom is -0.481 e. The number of aryl methyl sites for hydroxylation is 1. The molecule has 0 atom stereocenters. The zero-order valence-electron chi connectivity index (χ0n) is 9.24. The molecule has 0 aromatic carbocycles. The smallest absolute Gasteiger partial charge is 0.309 e. The predicted octanol–water partition coefficient (Wildman–Crippen LogP) is 2.47. The lowest BCUT2D eigenvalue weighted by Crippen LogP contribution is -2.03. The highest BCUT2D eigenvalue weighted by molar-refractivity contribution is 9.10.